The first-order valence-electron chi connectivity index (χ1n) is 3.72. The molecule has 0 aromatic heterocycles. The number of hydrogen-bond donors (Lipinski definition) is 1. The smallest absolute Gasteiger partial charge is 0.119 e. The molecule has 0 fully saturated rings. The van der Waals surface area contributed by atoms with Gasteiger partial charge in [0, 0.05) is 5.69 Å². The molecule has 1 aromatic carbocycles. The standard InChI is InChI=1S/C7H9NO.C2H6/c1-9-7-4-2-6(8)3-5-7;1-2/h2-5H,8H2,1H3;1-2H3. The largest absolute Gasteiger partial charge is 0.497 e. The van der Waals surface area contributed by atoms with Crippen molar-refractivity contribution in [2.24, 2.45) is 0 Å². The first kappa shape index (κ1) is 9.82. The van der Waals surface area contributed by atoms with Crippen molar-refractivity contribution < 1.29 is 4.74 Å². The van der Waals surface area contributed by atoms with Gasteiger partial charge in [0.2, 0.25) is 0 Å². The second-order valence-corrected chi connectivity index (χ2v) is 1.77. The van der Waals surface area contributed by atoms with Crippen molar-refractivity contribution in [3.8, 4) is 5.75 Å². The summed E-state index contributed by atoms with van der Waals surface area (Å²) in [6, 6.07) is 7.27. The number of rotatable bonds is 1. The highest BCUT2D eigenvalue weighted by molar-refractivity contribution is 5.41. The number of benzene rings is 1. The van der Waals surface area contributed by atoms with E-state index in [0.29, 0.717) is 0 Å². The minimum Gasteiger partial charge on any atom is -0.497 e. The van der Waals surface area contributed by atoms with Crippen LogP contribution in [0.3, 0.4) is 0 Å². The molecule has 0 aliphatic carbocycles. The monoisotopic (exact) mass is 153 g/mol. The molecule has 0 unspecified atom stereocenters. The third kappa shape index (κ3) is 3.50. The number of hydrogen-bond acceptors (Lipinski definition) is 2. The number of anilines is 1. The average Bonchev–Trinajstić information content (AvgIpc) is 2.10. The van der Waals surface area contributed by atoms with E-state index in [-0.39, 0.29) is 0 Å². The van der Waals surface area contributed by atoms with Crippen LogP contribution in [-0.2, 0) is 0 Å². The van der Waals surface area contributed by atoms with E-state index in [1.807, 2.05) is 26.0 Å². The van der Waals surface area contributed by atoms with Crippen molar-refractivity contribution in [3.63, 3.8) is 0 Å². The van der Waals surface area contributed by atoms with Crippen LogP contribution in [0.2, 0.25) is 0 Å². The molecule has 0 radical (unpaired) electrons. The zero-order valence-electron chi connectivity index (χ0n) is 7.29. The van der Waals surface area contributed by atoms with Crippen molar-refractivity contribution in [3.05, 3.63) is 24.3 Å². The lowest BCUT2D eigenvalue weighted by molar-refractivity contribution is 0.415. The first-order chi connectivity index (χ1) is 5.33. The number of methoxy groups -OCH3 is 1. The first-order valence-corrected chi connectivity index (χ1v) is 3.72. The molecule has 0 atom stereocenters. The Bertz CT molecular complexity index is 181. The van der Waals surface area contributed by atoms with E-state index in [1.165, 1.54) is 0 Å². The lowest BCUT2D eigenvalue weighted by Crippen LogP contribution is -1.84. The SMILES string of the molecule is CC.COc1ccc(N)cc1. The maximum atomic E-state index is 5.43. The Morgan fingerprint density at radius 3 is 1.91 bits per heavy atom. The molecule has 0 saturated carbocycles. The lowest BCUT2D eigenvalue weighted by Gasteiger charge is -1.97. The minimum atomic E-state index is 0.760. The van der Waals surface area contributed by atoms with Gasteiger partial charge in [-0.1, -0.05) is 13.8 Å². The Labute approximate surface area is 68.0 Å². The summed E-state index contributed by atoms with van der Waals surface area (Å²) in [5, 5.41) is 0. The molecule has 0 aliphatic rings. The predicted octanol–water partition coefficient (Wildman–Crippen LogP) is 2.30. The summed E-state index contributed by atoms with van der Waals surface area (Å²) < 4.78 is 4.91. The Balaban J connectivity index is 0.000000461. The summed E-state index contributed by atoms with van der Waals surface area (Å²) in [5.41, 5.74) is 6.19. The van der Waals surface area contributed by atoms with Gasteiger partial charge in [0.25, 0.3) is 0 Å². The second-order valence-electron chi connectivity index (χ2n) is 1.77. The van der Waals surface area contributed by atoms with E-state index in [4.69, 9.17) is 10.5 Å². The average molecular weight is 153 g/mol. The molecule has 2 N–H and O–H groups in total. The topological polar surface area (TPSA) is 35.2 Å². The maximum Gasteiger partial charge on any atom is 0.119 e. The van der Waals surface area contributed by atoms with Crippen LogP contribution in [0.25, 0.3) is 0 Å². The van der Waals surface area contributed by atoms with Gasteiger partial charge in [0.05, 0.1) is 7.11 Å². The van der Waals surface area contributed by atoms with E-state index in [9.17, 15) is 0 Å². The van der Waals surface area contributed by atoms with E-state index in [2.05, 4.69) is 0 Å². The fourth-order valence-corrected chi connectivity index (χ4v) is 0.604. The fourth-order valence-electron chi connectivity index (χ4n) is 0.604. The lowest BCUT2D eigenvalue weighted by atomic mass is 10.3. The van der Waals surface area contributed by atoms with Gasteiger partial charge in [-0.15, -0.1) is 0 Å². The Hall–Kier alpha value is -1.18. The van der Waals surface area contributed by atoms with Crippen LogP contribution in [-0.4, -0.2) is 7.11 Å². The Kier molecular flexibility index (Phi) is 4.99. The third-order valence-corrected chi connectivity index (χ3v) is 1.12. The molecule has 0 bridgehead atoms. The highest BCUT2D eigenvalue weighted by Gasteiger charge is 1.85. The summed E-state index contributed by atoms with van der Waals surface area (Å²) in [5.74, 6) is 0.837. The minimum absolute atomic E-state index is 0.760. The molecule has 0 amide bonds. The van der Waals surface area contributed by atoms with Crippen LogP contribution < -0.4 is 10.5 Å². The van der Waals surface area contributed by atoms with E-state index in [1.54, 1.807) is 19.2 Å². The van der Waals surface area contributed by atoms with E-state index in [0.717, 1.165) is 11.4 Å². The zero-order valence-corrected chi connectivity index (χ0v) is 7.29. The maximum absolute atomic E-state index is 5.43. The molecule has 1 rings (SSSR count). The predicted molar refractivity (Wildman–Crippen MR) is 48.8 cm³/mol. The molecule has 11 heavy (non-hydrogen) atoms. The molecule has 2 heteroatoms. The van der Waals surface area contributed by atoms with Gasteiger partial charge in [-0.2, -0.15) is 0 Å². The van der Waals surface area contributed by atoms with Crippen LogP contribution in [0.15, 0.2) is 24.3 Å². The van der Waals surface area contributed by atoms with Gasteiger partial charge in [-0.3, -0.25) is 0 Å². The normalized spacial score (nSPS) is 7.91. The molecule has 0 spiro atoms. The molecule has 1 aromatic rings. The van der Waals surface area contributed by atoms with Crippen LogP contribution in [0, 0.1) is 0 Å². The zero-order chi connectivity index (χ0) is 8.69. The van der Waals surface area contributed by atoms with Crippen molar-refractivity contribution in [2.45, 2.75) is 13.8 Å². The summed E-state index contributed by atoms with van der Waals surface area (Å²) >= 11 is 0. The van der Waals surface area contributed by atoms with Gasteiger partial charge in [0.15, 0.2) is 0 Å². The van der Waals surface area contributed by atoms with Crippen LogP contribution in [0.1, 0.15) is 13.8 Å². The van der Waals surface area contributed by atoms with Gasteiger partial charge in [-0.05, 0) is 24.3 Å². The Morgan fingerprint density at radius 1 is 1.09 bits per heavy atom. The van der Waals surface area contributed by atoms with Crippen molar-refractivity contribution in [1.29, 1.82) is 0 Å². The summed E-state index contributed by atoms with van der Waals surface area (Å²) in [6.45, 7) is 4.00. The fraction of sp³-hybridized carbons (Fsp3) is 0.333. The van der Waals surface area contributed by atoms with E-state index >= 15 is 0 Å². The van der Waals surface area contributed by atoms with Crippen LogP contribution in [0.5, 0.6) is 5.75 Å². The second kappa shape index (κ2) is 5.59. The number of ether oxygens (including phenoxy) is 1. The van der Waals surface area contributed by atoms with Crippen LogP contribution in [0.4, 0.5) is 5.69 Å². The molecule has 0 aliphatic heterocycles. The summed E-state index contributed by atoms with van der Waals surface area (Å²) in [6.07, 6.45) is 0. The molecule has 0 heterocycles. The van der Waals surface area contributed by atoms with E-state index < -0.39 is 0 Å². The number of nitrogen functional groups attached to an aromatic ring is 1. The number of nitrogens with two attached hydrogens (primary N) is 1. The van der Waals surface area contributed by atoms with Crippen molar-refractivity contribution in [2.75, 3.05) is 12.8 Å². The molecular formula is C9H15NO. The highest BCUT2D eigenvalue weighted by atomic mass is 16.5. The summed E-state index contributed by atoms with van der Waals surface area (Å²) in [4.78, 5) is 0. The Morgan fingerprint density at radius 2 is 1.55 bits per heavy atom. The summed E-state index contributed by atoms with van der Waals surface area (Å²) in [7, 11) is 1.63. The molecule has 0 saturated heterocycles. The molecule has 62 valence electrons. The van der Waals surface area contributed by atoms with Gasteiger partial charge in [-0.25, -0.2) is 0 Å². The molecular weight excluding hydrogens is 138 g/mol. The van der Waals surface area contributed by atoms with Gasteiger partial charge < -0.3 is 10.5 Å². The van der Waals surface area contributed by atoms with Gasteiger partial charge >= 0.3 is 0 Å². The third-order valence-electron chi connectivity index (χ3n) is 1.12. The van der Waals surface area contributed by atoms with Crippen LogP contribution >= 0.6 is 0 Å². The molecule has 2 nitrogen and oxygen atoms in total. The van der Waals surface area contributed by atoms with Crippen molar-refractivity contribution >= 4 is 5.69 Å². The van der Waals surface area contributed by atoms with Gasteiger partial charge in [0.1, 0.15) is 5.75 Å². The van der Waals surface area contributed by atoms with Crippen molar-refractivity contribution in [1.82, 2.24) is 0 Å². The quantitative estimate of drug-likeness (QED) is 0.628. The highest BCUT2D eigenvalue weighted by Crippen LogP contribution is 2.11.